The fourth-order valence-corrected chi connectivity index (χ4v) is 2.11. The van der Waals surface area contributed by atoms with Crippen LogP contribution in [0.3, 0.4) is 0 Å². The van der Waals surface area contributed by atoms with Gasteiger partial charge in [-0.25, -0.2) is 9.50 Å². The highest BCUT2D eigenvalue weighted by atomic mass is 16.7. The first kappa shape index (κ1) is 12.6. The summed E-state index contributed by atoms with van der Waals surface area (Å²) in [6.45, 7) is 10.1. The van der Waals surface area contributed by atoms with Gasteiger partial charge < -0.3 is 9.31 Å². The lowest BCUT2D eigenvalue weighted by atomic mass is 9.81. The molecule has 19 heavy (non-hydrogen) atoms. The Balaban J connectivity index is 1.97. The predicted octanol–water partition coefficient (Wildman–Crippen LogP) is 1.34. The van der Waals surface area contributed by atoms with Crippen LogP contribution in [-0.2, 0) is 9.31 Å². The van der Waals surface area contributed by atoms with Crippen LogP contribution in [0.1, 0.15) is 33.4 Å². The van der Waals surface area contributed by atoms with Gasteiger partial charge in [-0.2, -0.15) is 5.10 Å². The molecule has 0 spiro atoms. The molecule has 0 aromatic carbocycles. The van der Waals surface area contributed by atoms with Crippen LogP contribution in [0.2, 0.25) is 0 Å². The summed E-state index contributed by atoms with van der Waals surface area (Å²) >= 11 is 0. The summed E-state index contributed by atoms with van der Waals surface area (Å²) in [5.74, 6) is 0. The third kappa shape index (κ3) is 1.95. The van der Waals surface area contributed by atoms with E-state index in [0.717, 1.165) is 16.8 Å². The van der Waals surface area contributed by atoms with E-state index in [1.54, 1.807) is 10.7 Å². The number of nitrogens with zero attached hydrogens (tertiary/aromatic N) is 3. The first-order valence-corrected chi connectivity index (χ1v) is 6.46. The number of hydrogen-bond acceptors (Lipinski definition) is 4. The largest absolute Gasteiger partial charge is 0.498 e. The Morgan fingerprint density at radius 1 is 1.16 bits per heavy atom. The quantitative estimate of drug-likeness (QED) is 0.725. The molecule has 6 heteroatoms. The summed E-state index contributed by atoms with van der Waals surface area (Å²) in [6.07, 6.45) is 3.70. The van der Waals surface area contributed by atoms with Crippen molar-refractivity contribution in [3.63, 3.8) is 0 Å². The van der Waals surface area contributed by atoms with Gasteiger partial charge in [0.15, 0.2) is 5.65 Å². The van der Waals surface area contributed by atoms with E-state index in [4.69, 9.17) is 9.31 Å². The summed E-state index contributed by atoms with van der Waals surface area (Å²) in [4.78, 5) is 4.38. The number of hydrogen-bond donors (Lipinski definition) is 0. The SMILES string of the molecule is Cc1cc2ncc(B3OC(C)(C)C(C)(C)O3)cn2n1. The van der Waals surface area contributed by atoms with Gasteiger partial charge in [0.2, 0.25) is 0 Å². The molecule has 0 bridgehead atoms. The van der Waals surface area contributed by atoms with E-state index in [9.17, 15) is 0 Å². The van der Waals surface area contributed by atoms with E-state index in [1.807, 2.05) is 46.9 Å². The fraction of sp³-hybridized carbons (Fsp3) is 0.538. The van der Waals surface area contributed by atoms with Crippen LogP contribution in [0.25, 0.3) is 5.65 Å². The van der Waals surface area contributed by atoms with Crippen LogP contribution in [-0.4, -0.2) is 32.9 Å². The van der Waals surface area contributed by atoms with Crippen molar-refractivity contribution in [3.05, 3.63) is 24.2 Å². The van der Waals surface area contributed by atoms with Gasteiger partial charge in [-0.05, 0) is 34.6 Å². The van der Waals surface area contributed by atoms with Crippen molar-refractivity contribution in [2.75, 3.05) is 0 Å². The summed E-state index contributed by atoms with van der Waals surface area (Å²) in [5.41, 5.74) is 1.98. The zero-order valence-corrected chi connectivity index (χ0v) is 12.0. The predicted molar refractivity (Wildman–Crippen MR) is 73.4 cm³/mol. The number of rotatable bonds is 1. The van der Waals surface area contributed by atoms with Crippen LogP contribution < -0.4 is 5.46 Å². The normalized spacial score (nSPS) is 21.2. The Bertz CT molecular complexity index is 620. The number of fused-ring (bicyclic) bond motifs is 1. The summed E-state index contributed by atoms with van der Waals surface area (Å²) in [5, 5.41) is 4.36. The molecule has 1 fully saturated rings. The van der Waals surface area contributed by atoms with Crippen LogP contribution in [0, 0.1) is 6.92 Å². The van der Waals surface area contributed by atoms with Gasteiger partial charge in [0.1, 0.15) is 0 Å². The third-order valence-corrected chi connectivity index (χ3v) is 3.98. The van der Waals surface area contributed by atoms with Crippen LogP contribution >= 0.6 is 0 Å². The molecule has 3 heterocycles. The molecule has 3 rings (SSSR count). The molecule has 1 aliphatic rings. The molecule has 100 valence electrons. The van der Waals surface area contributed by atoms with Crippen LogP contribution in [0.5, 0.6) is 0 Å². The van der Waals surface area contributed by atoms with E-state index in [-0.39, 0.29) is 11.2 Å². The average molecular weight is 259 g/mol. The summed E-state index contributed by atoms with van der Waals surface area (Å²) < 4.78 is 13.8. The zero-order chi connectivity index (χ0) is 13.8. The topological polar surface area (TPSA) is 48.7 Å². The first-order chi connectivity index (χ1) is 8.78. The average Bonchev–Trinajstić information content (AvgIpc) is 2.74. The van der Waals surface area contributed by atoms with Gasteiger partial charge in [0.05, 0.1) is 16.9 Å². The van der Waals surface area contributed by atoms with E-state index in [1.165, 1.54) is 0 Å². The van der Waals surface area contributed by atoms with Crippen LogP contribution in [0.4, 0.5) is 0 Å². The van der Waals surface area contributed by atoms with Crippen molar-refractivity contribution < 1.29 is 9.31 Å². The molecule has 0 amide bonds. The van der Waals surface area contributed by atoms with E-state index in [0.29, 0.717) is 0 Å². The molecule has 2 aromatic rings. The van der Waals surface area contributed by atoms with Gasteiger partial charge >= 0.3 is 7.12 Å². The lowest BCUT2D eigenvalue weighted by Gasteiger charge is -2.32. The second-order valence-corrected chi connectivity index (χ2v) is 6.06. The second kappa shape index (κ2) is 3.80. The third-order valence-electron chi connectivity index (χ3n) is 3.98. The molecule has 0 saturated carbocycles. The lowest BCUT2D eigenvalue weighted by Crippen LogP contribution is -2.41. The van der Waals surface area contributed by atoms with Crippen molar-refractivity contribution in [3.8, 4) is 0 Å². The van der Waals surface area contributed by atoms with Crippen molar-refractivity contribution in [2.45, 2.75) is 45.8 Å². The molecule has 0 atom stereocenters. The molecule has 0 unspecified atom stereocenters. The first-order valence-electron chi connectivity index (χ1n) is 6.46. The highest BCUT2D eigenvalue weighted by Crippen LogP contribution is 2.36. The Morgan fingerprint density at radius 3 is 2.42 bits per heavy atom. The molecule has 0 radical (unpaired) electrons. The standard InChI is InChI=1S/C13H18BN3O2/c1-9-6-11-15-7-10(8-17(11)16-9)14-18-12(2,3)13(4,5)19-14/h6-8H,1-5H3. The molecular formula is C13H18BN3O2. The minimum absolute atomic E-state index is 0.341. The Kier molecular flexibility index (Phi) is 2.53. The van der Waals surface area contributed by atoms with Crippen molar-refractivity contribution in [2.24, 2.45) is 0 Å². The van der Waals surface area contributed by atoms with E-state index >= 15 is 0 Å². The minimum Gasteiger partial charge on any atom is -0.399 e. The number of aromatic nitrogens is 3. The number of aryl methyl sites for hydroxylation is 1. The van der Waals surface area contributed by atoms with Gasteiger partial charge in [0.25, 0.3) is 0 Å². The molecule has 1 aliphatic heterocycles. The monoisotopic (exact) mass is 259 g/mol. The smallest absolute Gasteiger partial charge is 0.399 e. The highest BCUT2D eigenvalue weighted by molar-refractivity contribution is 6.61. The Hall–Kier alpha value is -1.40. The van der Waals surface area contributed by atoms with E-state index < -0.39 is 7.12 Å². The Morgan fingerprint density at radius 2 is 1.79 bits per heavy atom. The molecule has 0 N–H and O–H groups in total. The summed E-state index contributed by atoms with van der Waals surface area (Å²) in [6, 6.07) is 1.94. The highest BCUT2D eigenvalue weighted by Gasteiger charge is 2.51. The molecular weight excluding hydrogens is 241 g/mol. The maximum atomic E-state index is 6.00. The van der Waals surface area contributed by atoms with E-state index in [2.05, 4.69) is 10.1 Å². The summed E-state index contributed by atoms with van der Waals surface area (Å²) in [7, 11) is -0.397. The molecule has 0 aliphatic carbocycles. The van der Waals surface area contributed by atoms with Gasteiger partial charge in [-0.1, -0.05) is 0 Å². The zero-order valence-electron chi connectivity index (χ0n) is 12.0. The lowest BCUT2D eigenvalue weighted by molar-refractivity contribution is 0.00578. The van der Waals surface area contributed by atoms with Crippen molar-refractivity contribution in [1.82, 2.24) is 14.6 Å². The van der Waals surface area contributed by atoms with Crippen LogP contribution in [0.15, 0.2) is 18.5 Å². The van der Waals surface area contributed by atoms with Crippen molar-refractivity contribution in [1.29, 1.82) is 0 Å². The fourth-order valence-electron chi connectivity index (χ4n) is 2.11. The Labute approximate surface area is 113 Å². The van der Waals surface area contributed by atoms with Gasteiger partial charge in [-0.3, -0.25) is 0 Å². The molecule has 2 aromatic heterocycles. The van der Waals surface area contributed by atoms with Gasteiger partial charge in [-0.15, -0.1) is 0 Å². The van der Waals surface area contributed by atoms with Crippen molar-refractivity contribution >= 4 is 18.2 Å². The molecule has 1 saturated heterocycles. The maximum Gasteiger partial charge on any atom is 0.498 e. The molecule has 5 nitrogen and oxygen atoms in total. The van der Waals surface area contributed by atoms with Gasteiger partial charge in [0, 0.05) is 23.9 Å². The minimum atomic E-state index is -0.397. The maximum absolute atomic E-state index is 6.00. The second-order valence-electron chi connectivity index (χ2n) is 6.06.